The Kier molecular flexibility index (Phi) is 8.09. The summed E-state index contributed by atoms with van der Waals surface area (Å²) < 4.78 is 0. The monoisotopic (exact) mass is 504 g/mol. The Labute approximate surface area is 213 Å². The van der Waals surface area contributed by atoms with Crippen molar-refractivity contribution in [2.24, 2.45) is 11.8 Å². The van der Waals surface area contributed by atoms with Crippen LogP contribution in [0.3, 0.4) is 0 Å². The van der Waals surface area contributed by atoms with Crippen LogP contribution in [0.4, 0.5) is 11.5 Å². The largest absolute Gasteiger partial charge is 0.478 e. The van der Waals surface area contributed by atoms with E-state index in [0.29, 0.717) is 24.0 Å². The number of non-ortho nitro benzene ring substituents is 1. The number of carbonyl (C=O) groups is 2. The number of rotatable bonds is 6. The number of hydrogen-bond donors (Lipinski definition) is 2. The molecule has 0 amide bonds. The Bertz CT molecular complexity index is 1280. The molecule has 2 aliphatic heterocycles. The molecule has 3 heterocycles. The number of aliphatic carboxylic acids is 2. The van der Waals surface area contributed by atoms with Crippen molar-refractivity contribution >= 4 is 34.3 Å². The second kappa shape index (κ2) is 11.6. The molecule has 1 aromatic heterocycles. The summed E-state index contributed by atoms with van der Waals surface area (Å²) in [4.78, 5) is 39.5. The fourth-order valence-corrected chi connectivity index (χ4v) is 5.08. The zero-order chi connectivity index (χ0) is 26.4. The summed E-state index contributed by atoms with van der Waals surface area (Å²) in [6, 6.07) is 19.6. The van der Waals surface area contributed by atoms with Crippen LogP contribution in [0.15, 0.2) is 72.8 Å². The number of fused-ring (bicyclic) bond motifs is 3. The van der Waals surface area contributed by atoms with Gasteiger partial charge < -0.3 is 15.1 Å². The van der Waals surface area contributed by atoms with Gasteiger partial charge in [-0.1, -0.05) is 30.3 Å². The zero-order valence-corrected chi connectivity index (χ0v) is 20.1. The first-order chi connectivity index (χ1) is 17.8. The minimum Gasteiger partial charge on any atom is -0.478 e. The molecule has 2 N–H and O–H groups in total. The number of carboxylic acid groups (broad SMARTS) is 2. The van der Waals surface area contributed by atoms with Crippen LogP contribution in [0.5, 0.6) is 0 Å². The number of benzene rings is 2. The second-order valence-corrected chi connectivity index (χ2v) is 9.37. The van der Waals surface area contributed by atoms with Gasteiger partial charge in [-0.2, -0.15) is 0 Å². The van der Waals surface area contributed by atoms with Crippen LogP contribution in [0.25, 0.3) is 10.9 Å². The van der Waals surface area contributed by atoms with Crippen molar-refractivity contribution in [2.45, 2.75) is 13.0 Å². The average molecular weight is 505 g/mol. The summed E-state index contributed by atoms with van der Waals surface area (Å²) in [5, 5.41) is 27.4. The minimum atomic E-state index is -1.26. The molecule has 37 heavy (non-hydrogen) atoms. The van der Waals surface area contributed by atoms with Crippen molar-refractivity contribution < 1.29 is 24.7 Å². The number of piperidine rings is 2. The SMILES string of the molecule is O=C(O)/C=C/C(=O)O.O=[N+]([O-])c1ccc2nc(N3CC4CC(CN(Cc5ccccc5)C4)C3)ccc2c1. The molecular weight excluding hydrogens is 476 g/mol. The number of likely N-dealkylation sites (tertiary alicyclic amines) is 1. The number of nitrogens with zero attached hydrogens (tertiary/aromatic N) is 4. The molecule has 10 heteroatoms. The first kappa shape index (κ1) is 25.8. The summed E-state index contributed by atoms with van der Waals surface area (Å²) in [7, 11) is 0. The summed E-state index contributed by atoms with van der Waals surface area (Å²) >= 11 is 0. The Morgan fingerprint density at radius 3 is 2.19 bits per heavy atom. The lowest BCUT2D eigenvalue weighted by molar-refractivity contribution is -0.384. The minimum absolute atomic E-state index is 0.109. The number of nitro groups is 1. The lowest BCUT2D eigenvalue weighted by Gasteiger charge is -2.46. The molecule has 2 saturated heterocycles. The average Bonchev–Trinajstić information content (AvgIpc) is 2.87. The van der Waals surface area contributed by atoms with Crippen LogP contribution < -0.4 is 4.90 Å². The smallest absolute Gasteiger partial charge is 0.328 e. The van der Waals surface area contributed by atoms with E-state index in [2.05, 4.69) is 40.1 Å². The molecule has 10 nitrogen and oxygen atoms in total. The molecule has 192 valence electrons. The molecule has 2 fully saturated rings. The van der Waals surface area contributed by atoms with Gasteiger partial charge in [0.1, 0.15) is 5.82 Å². The van der Waals surface area contributed by atoms with Crippen LogP contribution in [0, 0.1) is 22.0 Å². The van der Waals surface area contributed by atoms with Crippen molar-refractivity contribution in [1.82, 2.24) is 9.88 Å². The van der Waals surface area contributed by atoms with Crippen molar-refractivity contribution in [1.29, 1.82) is 0 Å². The highest BCUT2D eigenvalue weighted by atomic mass is 16.6. The molecule has 2 aromatic carbocycles. The van der Waals surface area contributed by atoms with Crippen molar-refractivity contribution in [3.8, 4) is 0 Å². The van der Waals surface area contributed by atoms with E-state index in [9.17, 15) is 19.7 Å². The van der Waals surface area contributed by atoms with E-state index < -0.39 is 11.9 Å². The van der Waals surface area contributed by atoms with Gasteiger partial charge >= 0.3 is 11.9 Å². The standard InChI is InChI=1S/C23H24N4O2.C4H4O4/c28-27(29)21-7-8-22-20(11-21)6-9-23(24-22)26-15-18-10-19(16-26)14-25(13-18)12-17-4-2-1-3-5-17;5-3(6)1-2-4(7)8/h1-9,11,18-19H,10,12-16H2;1-2H,(H,5,6)(H,7,8)/b;2-1+. The van der Waals surface area contributed by atoms with Crippen LogP contribution in [-0.2, 0) is 16.1 Å². The van der Waals surface area contributed by atoms with Crippen molar-refractivity contribution in [3.63, 3.8) is 0 Å². The fraction of sp³-hybridized carbons (Fsp3) is 0.296. The van der Waals surface area contributed by atoms with E-state index in [1.807, 2.05) is 12.1 Å². The lowest BCUT2D eigenvalue weighted by Crippen LogP contribution is -2.52. The Morgan fingerprint density at radius 2 is 1.59 bits per heavy atom. The molecule has 0 aliphatic carbocycles. The molecule has 2 atom stereocenters. The van der Waals surface area contributed by atoms with Crippen LogP contribution in [0.2, 0.25) is 0 Å². The lowest BCUT2D eigenvalue weighted by atomic mass is 9.84. The third kappa shape index (κ3) is 7.11. The van der Waals surface area contributed by atoms with Gasteiger partial charge in [0, 0.05) is 62.4 Å². The van der Waals surface area contributed by atoms with Gasteiger partial charge in [0.15, 0.2) is 0 Å². The van der Waals surface area contributed by atoms with E-state index >= 15 is 0 Å². The molecule has 2 unspecified atom stereocenters. The number of pyridine rings is 1. The summed E-state index contributed by atoms with van der Waals surface area (Å²) in [6.45, 7) is 5.32. The van der Waals surface area contributed by atoms with E-state index in [1.54, 1.807) is 12.1 Å². The summed E-state index contributed by atoms with van der Waals surface area (Å²) in [5.74, 6) is -0.224. The van der Waals surface area contributed by atoms with Gasteiger partial charge in [-0.25, -0.2) is 14.6 Å². The molecule has 2 bridgehead atoms. The van der Waals surface area contributed by atoms with E-state index in [-0.39, 0.29) is 10.6 Å². The molecular formula is C27H28N4O6. The maximum Gasteiger partial charge on any atom is 0.328 e. The zero-order valence-electron chi connectivity index (χ0n) is 20.1. The molecule has 5 rings (SSSR count). The highest BCUT2D eigenvalue weighted by molar-refractivity contribution is 5.89. The van der Waals surface area contributed by atoms with E-state index in [1.165, 1.54) is 18.1 Å². The van der Waals surface area contributed by atoms with E-state index in [0.717, 1.165) is 49.4 Å². The molecule has 3 aromatic rings. The van der Waals surface area contributed by atoms with Crippen LogP contribution in [0.1, 0.15) is 12.0 Å². The van der Waals surface area contributed by atoms with Crippen LogP contribution >= 0.6 is 0 Å². The Hall–Kier alpha value is -4.31. The maximum atomic E-state index is 11.0. The number of hydrogen-bond acceptors (Lipinski definition) is 7. The van der Waals surface area contributed by atoms with Gasteiger partial charge in [0.2, 0.25) is 0 Å². The first-order valence-electron chi connectivity index (χ1n) is 12.0. The number of aromatic nitrogens is 1. The highest BCUT2D eigenvalue weighted by Gasteiger charge is 2.34. The number of carboxylic acids is 2. The highest BCUT2D eigenvalue weighted by Crippen LogP contribution is 2.32. The van der Waals surface area contributed by atoms with Gasteiger partial charge in [0.25, 0.3) is 5.69 Å². The predicted octanol–water partition coefficient (Wildman–Crippen LogP) is 3.81. The fourth-order valence-electron chi connectivity index (χ4n) is 5.08. The van der Waals surface area contributed by atoms with Crippen molar-refractivity contribution in [2.75, 3.05) is 31.1 Å². The molecule has 2 aliphatic rings. The number of anilines is 1. The van der Waals surface area contributed by atoms with Crippen LogP contribution in [-0.4, -0.2) is 63.1 Å². The summed E-state index contributed by atoms with van der Waals surface area (Å²) in [5.41, 5.74) is 2.31. The maximum absolute atomic E-state index is 11.0. The van der Waals surface area contributed by atoms with Gasteiger partial charge in [0.05, 0.1) is 10.4 Å². The number of nitro benzene ring substituents is 1. The predicted molar refractivity (Wildman–Crippen MR) is 138 cm³/mol. The Balaban J connectivity index is 0.000000349. The summed E-state index contributed by atoms with van der Waals surface area (Å²) in [6.07, 6.45) is 2.41. The molecule has 0 saturated carbocycles. The molecule has 0 spiro atoms. The van der Waals surface area contributed by atoms with Gasteiger partial charge in [-0.3, -0.25) is 15.0 Å². The Morgan fingerprint density at radius 1 is 0.946 bits per heavy atom. The van der Waals surface area contributed by atoms with Gasteiger partial charge in [-0.15, -0.1) is 0 Å². The van der Waals surface area contributed by atoms with Crippen molar-refractivity contribution in [3.05, 3.63) is 88.5 Å². The molecule has 0 radical (unpaired) electrons. The quantitative estimate of drug-likeness (QED) is 0.292. The second-order valence-electron chi connectivity index (χ2n) is 9.37. The van der Waals surface area contributed by atoms with E-state index in [4.69, 9.17) is 15.2 Å². The third-order valence-electron chi connectivity index (χ3n) is 6.47. The first-order valence-corrected chi connectivity index (χ1v) is 12.0. The normalized spacial score (nSPS) is 19.3. The third-order valence-corrected chi connectivity index (χ3v) is 6.47. The van der Waals surface area contributed by atoms with Gasteiger partial charge in [-0.05, 0) is 42.0 Å². The topological polar surface area (TPSA) is 137 Å².